The van der Waals surface area contributed by atoms with Crippen molar-refractivity contribution in [2.24, 2.45) is 5.92 Å². The zero-order valence-corrected chi connectivity index (χ0v) is 29.1. The van der Waals surface area contributed by atoms with Gasteiger partial charge in [-0.2, -0.15) is 0 Å². The highest BCUT2D eigenvalue weighted by Gasteiger charge is 2.43. The van der Waals surface area contributed by atoms with Crippen molar-refractivity contribution in [3.05, 3.63) is 35.9 Å². The van der Waals surface area contributed by atoms with Crippen molar-refractivity contribution in [2.75, 3.05) is 20.2 Å². The molecule has 0 radical (unpaired) electrons. The van der Waals surface area contributed by atoms with Gasteiger partial charge < -0.3 is 35.2 Å². The lowest BCUT2D eigenvalue weighted by Gasteiger charge is -2.32. The maximum atomic E-state index is 14.1. The van der Waals surface area contributed by atoms with Crippen LogP contribution in [0.4, 0.5) is 4.79 Å². The zero-order chi connectivity index (χ0) is 35.1. The molecular weight excluding hydrogens is 643 g/mol. The number of carbonyl (C=O) groups is 5. The maximum absolute atomic E-state index is 14.1. The van der Waals surface area contributed by atoms with E-state index >= 15 is 0 Å². The van der Waals surface area contributed by atoms with Gasteiger partial charge in [0.2, 0.25) is 11.8 Å². The molecule has 1 heterocycles. The minimum Gasteiger partial charge on any atom is -0.480 e. The maximum Gasteiger partial charge on any atom is 0.407 e. The van der Waals surface area contributed by atoms with Crippen LogP contribution in [0.3, 0.4) is 0 Å². The summed E-state index contributed by atoms with van der Waals surface area (Å²) in [5.41, 5.74) is 0.865. The van der Waals surface area contributed by atoms with Crippen LogP contribution in [0, 0.1) is 5.92 Å². The van der Waals surface area contributed by atoms with Gasteiger partial charge in [-0.25, -0.2) is 9.59 Å². The molecule has 14 nitrogen and oxygen atoms in total. The van der Waals surface area contributed by atoms with E-state index < -0.39 is 55.4 Å². The van der Waals surface area contributed by atoms with Gasteiger partial charge in [0.15, 0.2) is 0 Å². The Morgan fingerprint density at radius 1 is 1.00 bits per heavy atom. The molecule has 1 aromatic carbocycles. The number of benzene rings is 1. The van der Waals surface area contributed by atoms with Crippen molar-refractivity contribution in [2.45, 2.75) is 115 Å². The van der Waals surface area contributed by atoms with E-state index in [9.17, 15) is 33.6 Å². The molecule has 2 fully saturated rings. The predicted octanol–water partition coefficient (Wildman–Crippen LogP) is 4.32. The molecule has 268 valence electrons. The molecule has 1 saturated carbocycles. The molecule has 48 heavy (non-hydrogen) atoms. The van der Waals surface area contributed by atoms with Gasteiger partial charge in [-0.15, -0.1) is 0 Å². The van der Waals surface area contributed by atoms with Gasteiger partial charge in [-0.1, -0.05) is 56.5 Å². The number of unbranched alkanes of at least 4 members (excludes halogenated alkanes) is 2. The number of ether oxygens (including phenoxy) is 1. The largest absolute Gasteiger partial charge is 0.480 e. The van der Waals surface area contributed by atoms with Gasteiger partial charge in [0.05, 0.1) is 0 Å². The summed E-state index contributed by atoms with van der Waals surface area (Å²) in [7, 11) is -2.98. The van der Waals surface area contributed by atoms with Crippen molar-refractivity contribution in [3.63, 3.8) is 0 Å². The number of hydrogen-bond donors (Lipinski definition) is 4. The van der Waals surface area contributed by atoms with Crippen LogP contribution in [0.5, 0.6) is 0 Å². The van der Waals surface area contributed by atoms with E-state index in [1.807, 2.05) is 37.3 Å². The van der Waals surface area contributed by atoms with Gasteiger partial charge in [0, 0.05) is 26.1 Å². The summed E-state index contributed by atoms with van der Waals surface area (Å²) in [6.45, 7) is 4.00. The number of likely N-dealkylation sites (tertiary alicyclic amines) is 1. The monoisotopic (exact) mass is 694 g/mol. The Morgan fingerprint density at radius 2 is 1.73 bits per heavy atom. The quantitative estimate of drug-likeness (QED) is 0.113. The second-order valence-electron chi connectivity index (χ2n) is 12.3. The molecule has 1 aliphatic heterocycles. The molecule has 2 unspecified atom stereocenters. The van der Waals surface area contributed by atoms with Crippen molar-refractivity contribution in [1.29, 1.82) is 0 Å². The molecule has 15 heteroatoms. The summed E-state index contributed by atoms with van der Waals surface area (Å²) in [4.78, 5) is 64.7. The number of amides is 4. The Labute approximate surface area is 282 Å². The Kier molecular flexibility index (Phi) is 15.8. The molecule has 1 aromatic rings. The zero-order valence-electron chi connectivity index (χ0n) is 28.2. The third-order valence-corrected chi connectivity index (χ3v) is 11.0. The molecule has 0 bridgehead atoms. The molecule has 5 atom stereocenters. The van der Waals surface area contributed by atoms with E-state index in [1.54, 1.807) is 0 Å². The van der Waals surface area contributed by atoms with Gasteiger partial charge in [0.1, 0.15) is 30.6 Å². The number of nitrogens with one attached hydrogen (secondary N) is 3. The SMILES string of the molecule is CCCC[C@@H](NC(=O)[C@H](CCCCNC(=O)OCc1ccccc1)NC(=O)C1CCC1)P(=O)(OC)OC(C)C(=O)N1CCC[C@H]1C(=O)O. The summed E-state index contributed by atoms with van der Waals surface area (Å²) in [6, 6.07) is 7.36. The second-order valence-corrected chi connectivity index (χ2v) is 14.6. The van der Waals surface area contributed by atoms with Crippen LogP contribution in [0.2, 0.25) is 0 Å². The van der Waals surface area contributed by atoms with Crippen molar-refractivity contribution >= 4 is 37.4 Å². The lowest BCUT2D eigenvalue weighted by Crippen LogP contribution is -2.52. The van der Waals surface area contributed by atoms with Crippen LogP contribution in [0.1, 0.15) is 90.0 Å². The minimum absolute atomic E-state index is 0.143. The van der Waals surface area contributed by atoms with Gasteiger partial charge in [-0.05, 0) is 63.9 Å². The number of carbonyl (C=O) groups excluding carboxylic acids is 4. The van der Waals surface area contributed by atoms with Crippen LogP contribution >= 0.6 is 7.60 Å². The van der Waals surface area contributed by atoms with E-state index in [0.717, 1.165) is 24.8 Å². The van der Waals surface area contributed by atoms with Gasteiger partial charge in [-0.3, -0.25) is 23.5 Å². The van der Waals surface area contributed by atoms with E-state index in [2.05, 4.69) is 16.0 Å². The van der Waals surface area contributed by atoms with Crippen molar-refractivity contribution in [1.82, 2.24) is 20.9 Å². The first-order valence-corrected chi connectivity index (χ1v) is 18.5. The molecule has 0 aromatic heterocycles. The smallest absolute Gasteiger partial charge is 0.407 e. The van der Waals surface area contributed by atoms with Crippen LogP contribution < -0.4 is 16.0 Å². The number of nitrogens with zero attached hydrogens (tertiary/aromatic N) is 1. The fourth-order valence-electron chi connectivity index (χ4n) is 5.67. The average molecular weight is 695 g/mol. The Hall–Kier alpha value is -3.48. The number of rotatable bonds is 20. The number of carboxylic acid groups (broad SMARTS) is 1. The molecule has 4 N–H and O–H groups in total. The fraction of sp³-hybridized carbons (Fsp3) is 0.667. The lowest BCUT2D eigenvalue weighted by atomic mass is 9.84. The number of hydrogen-bond acceptors (Lipinski definition) is 9. The third-order valence-electron chi connectivity index (χ3n) is 8.76. The minimum atomic E-state index is -4.15. The van der Waals surface area contributed by atoms with E-state index in [1.165, 1.54) is 18.9 Å². The topological polar surface area (TPSA) is 190 Å². The van der Waals surface area contributed by atoms with Crippen molar-refractivity contribution in [3.8, 4) is 0 Å². The summed E-state index contributed by atoms with van der Waals surface area (Å²) in [6.07, 6.45) is 4.13. The predicted molar refractivity (Wildman–Crippen MR) is 177 cm³/mol. The summed E-state index contributed by atoms with van der Waals surface area (Å²) >= 11 is 0. The highest BCUT2D eigenvalue weighted by molar-refractivity contribution is 7.54. The summed E-state index contributed by atoms with van der Waals surface area (Å²) in [5.74, 6) is -3.82. The Bertz CT molecular complexity index is 1280. The second kappa shape index (κ2) is 19.5. The molecule has 1 saturated heterocycles. The van der Waals surface area contributed by atoms with E-state index in [0.29, 0.717) is 45.1 Å². The van der Waals surface area contributed by atoms with Crippen LogP contribution in [0.15, 0.2) is 30.3 Å². The average Bonchev–Trinajstić information content (AvgIpc) is 3.54. The molecule has 3 rings (SSSR count). The Morgan fingerprint density at radius 3 is 2.35 bits per heavy atom. The molecule has 0 spiro atoms. The standard InChI is InChI=1S/C33H51N4O10P/c1-4-5-19-28(48(44,45-3)47-23(2)31(40)37-21-12-18-27(37)32(41)42)36-30(39)26(35-29(38)25-15-11-16-25)17-9-10-20-34-33(43)46-22-24-13-7-6-8-14-24/h6-8,13-14,23,25-28H,4-5,9-12,15-22H2,1-3H3,(H,34,43)(H,35,38)(H,36,39)(H,41,42)/t23?,26-,27-,28-,48?/m0/s1. The number of aliphatic carboxylic acids is 1. The molecule has 1 aliphatic carbocycles. The number of carboxylic acids is 1. The Balaban J connectivity index is 1.62. The van der Waals surface area contributed by atoms with E-state index in [-0.39, 0.29) is 37.8 Å². The van der Waals surface area contributed by atoms with Crippen LogP contribution in [-0.2, 0) is 44.1 Å². The molecule has 4 amide bonds. The van der Waals surface area contributed by atoms with Crippen LogP contribution in [0.25, 0.3) is 0 Å². The lowest BCUT2D eigenvalue weighted by molar-refractivity contribution is -0.151. The summed E-state index contributed by atoms with van der Waals surface area (Å²) < 4.78 is 30.4. The van der Waals surface area contributed by atoms with E-state index in [4.69, 9.17) is 13.8 Å². The molecule has 2 aliphatic rings. The normalized spacial score (nSPS) is 19.2. The highest BCUT2D eigenvalue weighted by Crippen LogP contribution is 2.54. The van der Waals surface area contributed by atoms with Crippen LogP contribution in [-0.4, -0.2) is 84.0 Å². The van der Waals surface area contributed by atoms with Crippen molar-refractivity contribution < 1.29 is 47.4 Å². The first-order chi connectivity index (χ1) is 23.0. The van der Waals surface area contributed by atoms with Gasteiger partial charge >= 0.3 is 19.7 Å². The number of alkyl carbamates (subject to hydrolysis) is 1. The highest BCUT2D eigenvalue weighted by atomic mass is 31.2. The first kappa shape index (κ1) is 39.0. The first-order valence-electron chi connectivity index (χ1n) is 16.9. The summed E-state index contributed by atoms with van der Waals surface area (Å²) in [5, 5.41) is 17.8. The third kappa shape index (κ3) is 11.6. The fourth-order valence-corrected chi connectivity index (χ4v) is 7.47. The molecular formula is C33H51N4O10P. The van der Waals surface area contributed by atoms with Gasteiger partial charge in [0.25, 0.3) is 5.91 Å².